The number of aryl methyl sites for hydroxylation is 1. The number of fused-ring (bicyclic) bond motifs is 1. The van der Waals surface area contributed by atoms with Crippen LogP contribution < -0.4 is 4.74 Å². The lowest BCUT2D eigenvalue weighted by atomic mass is 10.0. The Morgan fingerprint density at radius 3 is 2.59 bits per heavy atom. The molecule has 3 heterocycles. The zero-order chi connectivity index (χ0) is 24.1. The van der Waals surface area contributed by atoms with Gasteiger partial charge in [0, 0.05) is 18.7 Å². The molecule has 5 rings (SSSR count). The molecule has 0 N–H and O–H groups in total. The van der Waals surface area contributed by atoms with Crippen LogP contribution in [0.5, 0.6) is 5.75 Å². The minimum Gasteiger partial charge on any atom is -0.495 e. The number of nitrogens with zero attached hydrogens (tertiary/aromatic N) is 4. The van der Waals surface area contributed by atoms with Crippen molar-refractivity contribution in [2.45, 2.75) is 25.7 Å². The molecule has 1 fully saturated rings. The molecule has 10 heteroatoms. The Morgan fingerprint density at radius 1 is 1.15 bits per heavy atom. The van der Waals surface area contributed by atoms with E-state index in [1.54, 1.807) is 36.0 Å². The van der Waals surface area contributed by atoms with Gasteiger partial charge in [-0.25, -0.2) is 9.37 Å². The number of hydrogen-bond donors (Lipinski definition) is 0. The number of ether oxygens (including phenoxy) is 2. The second kappa shape index (κ2) is 7.82. The summed E-state index contributed by atoms with van der Waals surface area (Å²) in [7, 11) is 1.52. The Balaban J connectivity index is 1.51. The van der Waals surface area contributed by atoms with E-state index >= 15 is 0 Å². The maximum atomic E-state index is 14.6. The first kappa shape index (κ1) is 21.9. The van der Waals surface area contributed by atoms with Crippen molar-refractivity contribution < 1.29 is 27.5 Å². The summed E-state index contributed by atoms with van der Waals surface area (Å²) in [5, 5.41) is 4.04. The highest BCUT2D eigenvalue weighted by Gasteiger charge is 2.54. The summed E-state index contributed by atoms with van der Waals surface area (Å²) in [6.07, 6.45) is 1.46. The van der Waals surface area contributed by atoms with Crippen LogP contribution in [-0.4, -0.2) is 40.0 Å². The molecule has 0 saturated carbocycles. The lowest BCUT2D eigenvalue weighted by molar-refractivity contribution is -0.242. The average Bonchev–Trinajstić information content (AvgIpc) is 3.37. The molecule has 2 aliphatic heterocycles. The van der Waals surface area contributed by atoms with Gasteiger partial charge in [-0.2, -0.15) is 8.78 Å². The first-order chi connectivity index (χ1) is 16.2. The molecule has 7 nitrogen and oxygen atoms in total. The van der Waals surface area contributed by atoms with E-state index in [-0.39, 0.29) is 11.6 Å². The van der Waals surface area contributed by atoms with Crippen molar-refractivity contribution in [2.75, 3.05) is 13.7 Å². The van der Waals surface area contributed by atoms with Crippen LogP contribution in [0.25, 0.3) is 11.8 Å². The number of methoxy groups -OCH3 is 1. The number of hydrogen-bond acceptors (Lipinski definition) is 6. The molecule has 3 aromatic rings. The van der Waals surface area contributed by atoms with E-state index in [1.807, 2.05) is 13.1 Å². The molecular formula is C24H21F3N4O3. The number of amidine groups is 1. The topological polar surface area (TPSA) is 61.1 Å². The molecule has 176 valence electrons. The second-order valence-electron chi connectivity index (χ2n) is 8.18. The van der Waals surface area contributed by atoms with Gasteiger partial charge in [-0.1, -0.05) is 23.4 Å². The third-order valence-corrected chi connectivity index (χ3v) is 5.77. The molecule has 1 atom stereocenters. The van der Waals surface area contributed by atoms with Crippen LogP contribution in [-0.2, 0) is 15.3 Å². The molecule has 0 bridgehead atoms. The number of benzene rings is 2. The Hall–Kier alpha value is -3.95. The fourth-order valence-corrected chi connectivity index (χ4v) is 4.02. The molecule has 2 aliphatic rings. The zero-order valence-electron chi connectivity index (χ0n) is 18.6. The van der Waals surface area contributed by atoms with Crippen LogP contribution in [0.2, 0.25) is 0 Å². The molecule has 34 heavy (non-hydrogen) atoms. The number of aromatic nitrogens is 2. The summed E-state index contributed by atoms with van der Waals surface area (Å²) in [6.45, 7) is 2.69. The predicted octanol–water partition coefficient (Wildman–Crippen LogP) is 4.81. The zero-order valence-corrected chi connectivity index (χ0v) is 18.6. The van der Waals surface area contributed by atoms with Crippen molar-refractivity contribution in [2.24, 2.45) is 5.16 Å². The van der Waals surface area contributed by atoms with Gasteiger partial charge in [0.15, 0.2) is 5.76 Å². The maximum absolute atomic E-state index is 14.6. The third-order valence-electron chi connectivity index (χ3n) is 5.77. The highest BCUT2D eigenvalue weighted by Crippen LogP contribution is 2.43. The Morgan fingerprint density at radius 2 is 1.91 bits per heavy atom. The van der Waals surface area contributed by atoms with Gasteiger partial charge in [0.25, 0.3) is 0 Å². The number of alkyl halides is 2. The summed E-state index contributed by atoms with van der Waals surface area (Å²) in [5.74, 6) is 0.0379. The fourth-order valence-electron chi connectivity index (χ4n) is 4.02. The lowest BCUT2D eigenvalue weighted by Crippen LogP contribution is -2.54. The Bertz CT molecular complexity index is 1300. The lowest BCUT2D eigenvalue weighted by Gasteiger charge is -2.40. The van der Waals surface area contributed by atoms with Crippen LogP contribution in [0.3, 0.4) is 0 Å². The first-order valence-corrected chi connectivity index (χ1v) is 10.5. The van der Waals surface area contributed by atoms with Gasteiger partial charge < -0.3 is 18.9 Å². The minimum absolute atomic E-state index is 0.117. The van der Waals surface area contributed by atoms with Crippen LogP contribution in [0.4, 0.5) is 13.2 Å². The SMILES string of the molecule is COc1cc(/C=C2\OC(F)(F)CN3C2=NOC3(C)c2ccc(F)cc2)ccc1-n1cnc(C)c1. The smallest absolute Gasteiger partial charge is 0.416 e. The molecule has 0 amide bonds. The normalized spacial score (nSPS) is 22.1. The maximum Gasteiger partial charge on any atom is 0.416 e. The van der Waals surface area contributed by atoms with Crippen LogP contribution in [0, 0.1) is 12.7 Å². The summed E-state index contributed by atoms with van der Waals surface area (Å²) in [5.41, 5.74) is 1.27. The number of halogens is 3. The van der Waals surface area contributed by atoms with Crippen LogP contribution in [0.1, 0.15) is 23.7 Å². The van der Waals surface area contributed by atoms with Crippen LogP contribution in [0.15, 0.2) is 65.9 Å². The molecule has 1 saturated heterocycles. The van der Waals surface area contributed by atoms with E-state index < -0.39 is 24.2 Å². The van der Waals surface area contributed by atoms with Gasteiger partial charge in [0.05, 0.1) is 24.8 Å². The number of rotatable bonds is 4. The van der Waals surface area contributed by atoms with Crippen molar-refractivity contribution in [1.82, 2.24) is 14.5 Å². The molecule has 1 unspecified atom stereocenters. The largest absolute Gasteiger partial charge is 0.495 e. The van der Waals surface area contributed by atoms with Crippen molar-refractivity contribution >= 4 is 11.9 Å². The number of oxime groups is 1. The average molecular weight is 470 g/mol. The molecule has 0 aliphatic carbocycles. The summed E-state index contributed by atoms with van der Waals surface area (Å²) in [4.78, 5) is 11.1. The number of morpholine rings is 1. The van der Waals surface area contributed by atoms with Gasteiger partial charge in [0.1, 0.15) is 18.1 Å². The van der Waals surface area contributed by atoms with E-state index in [9.17, 15) is 13.2 Å². The van der Waals surface area contributed by atoms with Gasteiger partial charge in [-0.05, 0) is 42.8 Å². The molecule has 0 radical (unpaired) electrons. The predicted molar refractivity (Wildman–Crippen MR) is 118 cm³/mol. The Labute approximate surface area is 193 Å². The summed E-state index contributed by atoms with van der Waals surface area (Å²) >= 11 is 0. The fraction of sp³-hybridized carbons (Fsp3) is 0.250. The van der Waals surface area contributed by atoms with E-state index in [2.05, 4.69) is 10.1 Å². The Kier molecular flexibility index (Phi) is 5.03. The van der Waals surface area contributed by atoms with E-state index in [1.165, 1.54) is 42.4 Å². The molecule has 2 aromatic carbocycles. The van der Waals surface area contributed by atoms with Gasteiger partial charge >= 0.3 is 6.11 Å². The van der Waals surface area contributed by atoms with E-state index in [0.717, 1.165) is 11.4 Å². The monoisotopic (exact) mass is 470 g/mol. The quantitative estimate of drug-likeness (QED) is 0.548. The van der Waals surface area contributed by atoms with Gasteiger partial charge in [0.2, 0.25) is 11.6 Å². The second-order valence-corrected chi connectivity index (χ2v) is 8.18. The van der Waals surface area contributed by atoms with Crippen molar-refractivity contribution in [1.29, 1.82) is 0 Å². The minimum atomic E-state index is -3.50. The van der Waals surface area contributed by atoms with Crippen molar-refractivity contribution in [3.8, 4) is 11.4 Å². The van der Waals surface area contributed by atoms with E-state index in [0.29, 0.717) is 16.9 Å². The van der Waals surface area contributed by atoms with Gasteiger partial charge in [-0.15, -0.1) is 0 Å². The van der Waals surface area contributed by atoms with E-state index in [4.69, 9.17) is 14.3 Å². The van der Waals surface area contributed by atoms with Crippen molar-refractivity contribution in [3.05, 3.63) is 83.4 Å². The summed E-state index contributed by atoms with van der Waals surface area (Å²) in [6, 6.07) is 10.7. The first-order valence-electron chi connectivity index (χ1n) is 10.5. The van der Waals surface area contributed by atoms with Crippen molar-refractivity contribution in [3.63, 3.8) is 0 Å². The highest BCUT2D eigenvalue weighted by molar-refractivity contribution is 6.01. The highest BCUT2D eigenvalue weighted by atomic mass is 19.3. The van der Waals surface area contributed by atoms with Gasteiger partial charge in [-0.3, -0.25) is 4.90 Å². The molecule has 0 spiro atoms. The summed E-state index contributed by atoms with van der Waals surface area (Å²) < 4.78 is 55.0. The van der Waals surface area contributed by atoms with Crippen LogP contribution >= 0.6 is 0 Å². The molecular weight excluding hydrogens is 449 g/mol. The third kappa shape index (κ3) is 3.74. The standard InChI is InChI=1S/C24H21F3N4O3/c1-15-12-30(14-28-15)19-9-4-16(10-20(19)32-3)11-21-22-29-34-23(2,17-5-7-18(25)8-6-17)31(22)13-24(26,27)33-21/h4-12,14H,13H2,1-3H3/b21-11-. The number of imidazole rings is 1. The molecule has 1 aromatic heterocycles.